The molecule has 0 aliphatic carbocycles. The minimum atomic E-state index is -1.11. The van der Waals surface area contributed by atoms with Crippen LogP contribution in [0.4, 0.5) is 0 Å². The van der Waals surface area contributed by atoms with Crippen molar-refractivity contribution in [3.63, 3.8) is 0 Å². The highest BCUT2D eigenvalue weighted by atomic mass is 32.2. The van der Waals surface area contributed by atoms with Gasteiger partial charge in [0.25, 0.3) is 5.22 Å². The van der Waals surface area contributed by atoms with E-state index in [9.17, 15) is 4.79 Å². The lowest BCUT2D eigenvalue weighted by molar-refractivity contribution is 0.0690. The molecule has 5 nitrogen and oxygen atoms in total. The molecule has 1 N–H and O–H groups in total. The van der Waals surface area contributed by atoms with Crippen LogP contribution in [0.5, 0.6) is 5.75 Å². The van der Waals surface area contributed by atoms with E-state index in [-0.39, 0.29) is 10.9 Å². The zero-order valence-electron chi connectivity index (χ0n) is 8.91. The largest absolute Gasteiger partial charge is 0.496 e. The number of rotatable bonds is 4. The lowest BCUT2D eigenvalue weighted by atomic mass is 10.3. The lowest BCUT2D eigenvalue weighted by Crippen LogP contribution is -1.95. The molecule has 0 unspecified atom stereocenters. The van der Waals surface area contributed by atoms with Gasteiger partial charge in [0.05, 0.1) is 12.0 Å². The Balaban J connectivity index is 2.22. The molecule has 0 amide bonds. The third-order valence-corrected chi connectivity index (χ3v) is 2.89. The number of carboxylic acid groups (broad SMARTS) is 1. The molecule has 0 fully saturated rings. The summed E-state index contributed by atoms with van der Waals surface area (Å²) in [5.41, 5.74) is -0.109. The van der Waals surface area contributed by atoms with Crippen LogP contribution in [-0.2, 0) is 0 Å². The average Bonchev–Trinajstić information content (AvgIpc) is 2.78. The fourth-order valence-corrected chi connectivity index (χ4v) is 2.03. The Hall–Kier alpha value is -1.95. The Labute approximate surface area is 101 Å². The van der Waals surface area contributed by atoms with Crippen molar-refractivity contribution in [2.75, 3.05) is 7.11 Å². The summed E-state index contributed by atoms with van der Waals surface area (Å²) in [6.07, 6.45) is 1.11. The molecule has 1 aromatic heterocycles. The number of aromatic carboxylic acids is 1. The van der Waals surface area contributed by atoms with Gasteiger partial charge in [-0.05, 0) is 23.9 Å². The van der Waals surface area contributed by atoms with Gasteiger partial charge < -0.3 is 14.3 Å². The van der Waals surface area contributed by atoms with Gasteiger partial charge in [0.2, 0.25) is 0 Å². The molecule has 0 radical (unpaired) electrons. The summed E-state index contributed by atoms with van der Waals surface area (Å²) in [7, 11) is 1.57. The highest BCUT2D eigenvalue weighted by Gasteiger charge is 2.13. The molecular formula is C11H9NO4S. The van der Waals surface area contributed by atoms with Gasteiger partial charge in [0.15, 0.2) is 5.69 Å². The summed E-state index contributed by atoms with van der Waals surface area (Å²) in [4.78, 5) is 15.3. The van der Waals surface area contributed by atoms with Crippen LogP contribution in [0.25, 0.3) is 0 Å². The van der Waals surface area contributed by atoms with E-state index in [1.807, 2.05) is 24.3 Å². The number of carboxylic acids is 1. The molecule has 0 atom stereocenters. The first-order valence-corrected chi connectivity index (χ1v) is 5.52. The van der Waals surface area contributed by atoms with Crippen molar-refractivity contribution in [3.05, 3.63) is 36.2 Å². The number of oxazole rings is 1. The number of ether oxygens (including phenoxy) is 1. The molecule has 0 saturated carbocycles. The van der Waals surface area contributed by atoms with Gasteiger partial charge in [-0.2, -0.15) is 4.98 Å². The first-order chi connectivity index (χ1) is 8.20. The zero-order chi connectivity index (χ0) is 12.3. The number of nitrogens with zero attached hydrogens (tertiary/aromatic N) is 1. The summed E-state index contributed by atoms with van der Waals surface area (Å²) < 4.78 is 10.2. The summed E-state index contributed by atoms with van der Waals surface area (Å²) in [6, 6.07) is 7.35. The van der Waals surface area contributed by atoms with E-state index in [2.05, 4.69) is 4.98 Å². The van der Waals surface area contributed by atoms with Crippen molar-refractivity contribution >= 4 is 17.7 Å². The molecule has 0 spiro atoms. The molecule has 2 aromatic rings. The molecule has 1 aromatic carbocycles. The smallest absolute Gasteiger partial charge is 0.357 e. The van der Waals surface area contributed by atoms with Crippen LogP contribution < -0.4 is 4.74 Å². The van der Waals surface area contributed by atoms with E-state index in [0.29, 0.717) is 5.75 Å². The van der Waals surface area contributed by atoms with Crippen LogP contribution in [0.1, 0.15) is 10.5 Å². The normalized spacial score (nSPS) is 10.2. The zero-order valence-corrected chi connectivity index (χ0v) is 9.73. The Kier molecular flexibility index (Phi) is 3.34. The maximum Gasteiger partial charge on any atom is 0.357 e. The van der Waals surface area contributed by atoms with E-state index in [1.54, 1.807) is 7.11 Å². The first kappa shape index (κ1) is 11.5. The molecule has 6 heteroatoms. The van der Waals surface area contributed by atoms with Crippen LogP contribution in [0, 0.1) is 0 Å². The summed E-state index contributed by atoms with van der Waals surface area (Å²) in [6.45, 7) is 0. The minimum absolute atomic E-state index is 0.109. The monoisotopic (exact) mass is 251 g/mol. The molecular weight excluding hydrogens is 242 g/mol. The summed E-state index contributed by atoms with van der Waals surface area (Å²) in [5.74, 6) is -0.423. The topological polar surface area (TPSA) is 72.6 Å². The molecule has 0 aliphatic rings. The number of para-hydroxylation sites is 1. The number of carbonyl (C=O) groups is 1. The van der Waals surface area contributed by atoms with Gasteiger partial charge in [-0.25, -0.2) is 4.79 Å². The van der Waals surface area contributed by atoms with E-state index in [0.717, 1.165) is 11.2 Å². The van der Waals surface area contributed by atoms with Gasteiger partial charge in [-0.3, -0.25) is 0 Å². The molecule has 0 bridgehead atoms. The second kappa shape index (κ2) is 4.92. The van der Waals surface area contributed by atoms with Crippen molar-refractivity contribution in [1.29, 1.82) is 0 Å². The first-order valence-electron chi connectivity index (χ1n) is 4.70. The molecule has 2 rings (SSSR count). The lowest BCUT2D eigenvalue weighted by Gasteiger charge is -2.04. The second-order valence-electron chi connectivity index (χ2n) is 3.06. The summed E-state index contributed by atoms with van der Waals surface area (Å²) in [5, 5.41) is 8.98. The van der Waals surface area contributed by atoms with Crippen molar-refractivity contribution in [2.24, 2.45) is 0 Å². The Morgan fingerprint density at radius 3 is 2.88 bits per heavy atom. The highest BCUT2D eigenvalue weighted by Crippen LogP contribution is 2.33. The Morgan fingerprint density at radius 1 is 1.47 bits per heavy atom. The van der Waals surface area contributed by atoms with Gasteiger partial charge in [0, 0.05) is 0 Å². The van der Waals surface area contributed by atoms with Crippen LogP contribution in [0.2, 0.25) is 0 Å². The number of hydrogen-bond acceptors (Lipinski definition) is 5. The SMILES string of the molecule is COc1ccccc1Sc1nc(C(=O)O)co1. The maximum atomic E-state index is 10.6. The molecule has 0 saturated heterocycles. The molecule has 17 heavy (non-hydrogen) atoms. The Bertz CT molecular complexity index is 538. The number of hydrogen-bond donors (Lipinski definition) is 1. The second-order valence-corrected chi connectivity index (χ2v) is 4.05. The van der Waals surface area contributed by atoms with Crippen molar-refractivity contribution in [3.8, 4) is 5.75 Å². The van der Waals surface area contributed by atoms with E-state index in [1.165, 1.54) is 11.8 Å². The average molecular weight is 251 g/mol. The standard InChI is InChI=1S/C11H9NO4S/c1-15-8-4-2-3-5-9(8)17-11-12-7(6-16-11)10(13)14/h2-6H,1H3,(H,13,14). The van der Waals surface area contributed by atoms with Gasteiger partial charge in [0.1, 0.15) is 12.0 Å². The number of benzene rings is 1. The van der Waals surface area contributed by atoms with E-state index in [4.69, 9.17) is 14.3 Å². The maximum absolute atomic E-state index is 10.6. The summed E-state index contributed by atoms with van der Waals surface area (Å²) >= 11 is 1.21. The van der Waals surface area contributed by atoms with E-state index >= 15 is 0 Å². The molecule has 88 valence electrons. The molecule has 1 heterocycles. The number of aromatic nitrogens is 1. The third-order valence-electron chi connectivity index (χ3n) is 1.97. The van der Waals surface area contributed by atoms with E-state index < -0.39 is 5.97 Å². The predicted octanol–water partition coefficient (Wildman–Crippen LogP) is 2.53. The highest BCUT2D eigenvalue weighted by molar-refractivity contribution is 7.99. The number of methoxy groups -OCH3 is 1. The molecule has 0 aliphatic heterocycles. The van der Waals surface area contributed by atoms with Crippen LogP contribution in [-0.4, -0.2) is 23.2 Å². The van der Waals surface area contributed by atoms with Crippen molar-refractivity contribution in [2.45, 2.75) is 10.1 Å². The fraction of sp³-hybridized carbons (Fsp3) is 0.0909. The predicted molar refractivity (Wildman–Crippen MR) is 60.6 cm³/mol. The van der Waals surface area contributed by atoms with Crippen molar-refractivity contribution < 1.29 is 19.1 Å². The van der Waals surface area contributed by atoms with Gasteiger partial charge in [-0.15, -0.1) is 0 Å². The van der Waals surface area contributed by atoms with Crippen LogP contribution >= 0.6 is 11.8 Å². The minimum Gasteiger partial charge on any atom is -0.496 e. The quantitative estimate of drug-likeness (QED) is 0.900. The van der Waals surface area contributed by atoms with Crippen LogP contribution in [0.15, 0.2) is 45.1 Å². The van der Waals surface area contributed by atoms with Gasteiger partial charge in [-0.1, -0.05) is 12.1 Å². The van der Waals surface area contributed by atoms with Crippen LogP contribution in [0.3, 0.4) is 0 Å². The van der Waals surface area contributed by atoms with Gasteiger partial charge >= 0.3 is 5.97 Å². The fourth-order valence-electron chi connectivity index (χ4n) is 1.20. The Morgan fingerprint density at radius 2 is 2.24 bits per heavy atom. The third kappa shape index (κ3) is 2.59. The van der Waals surface area contributed by atoms with Crippen molar-refractivity contribution in [1.82, 2.24) is 4.98 Å².